The SMILES string of the molecule is C[C@@H]1COCC[C@H](O)[C@@H]2CC[C@H]2CN2C[C@]3(CCCc4cc(Cl)ccc43)COc3ccc(cc32)C(=O)NS1(=O)=O. The molecule has 2 N–H and O–H groups in total. The van der Waals surface area contributed by atoms with Gasteiger partial charge in [0.1, 0.15) is 11.0 Å². The van der Waals surface area contributed by atoms with Gasteiger partial charge in [0.25, 0.3) is 5.91 Å². The normalized spacial score (nSPS) is 32.1. The average Bonchev–Trinajstić information content (AvgIpc) is 3.05. The van der Waals surface area contributed by atoms with E-state index in [-0.39, 0.29) is 36.0 Å². The Balaban J connectivity index is 1.41. The Kier molecular flexibility index (Phi) is 7.52. The first-order valence-electron chi connectivity index (χ1n) is 14.3. The van der Waals surface area contributed by atoms with E-state index < -0.39 is 27.3 Å². The van der Waals surface area contributed by atoms with Crippen LogP contribution in [0.15, 0.2) is 36.4 Å². The second-order valence-corrected chi connectivity index (χ2v) is 14.5. The fraction of sp³-hybridized carbons (Fsp3) is 0.567. The molecule has 1 saturated carbocycles. The van der Waals surface area contributed by atoms with Gasteiger partial charge in [0.2, 0.25) is 10.0 Å². The van der Waals surface area contributed by atoms with Gasteiger partial charge in [-0.25, -0.2) is 13.1 Å². The molecule has 0 unspecified atom stereocenters. The number of ether oxygens (including phenoxy) is 2. The highest BCUT2D eigenvalue weighted by molar-refractivity contribution is 7.90. The van der Waals surface area contributed by atoms with Crippen molar-refractivity contribution in [3.8, 4) is 5.75 Å². The lowest BCUT2D eigenvalue weighted by Crippen LogP contribution is -2.49. The van der Waals surface area contributed by atoms with Crippen LogP contribution in [0.4, 0.5) is 5.69 Å². The van der Waals surface area contributed by atoms with Crippen LogP contribution in [0.5, 0.6) is 5.75 Å². The number of fused-ring (bicyclic) bond motifs is 4. The molecule has 0 aromatic heterocycles. The number of aliphatic hydroxyl groups excluding tert-OH is 1. The zero-order chi connectivity index (χ0) is 28.1. The van der Waals surface area contributed by atoms with Crippen LogP contribution in [0.3, 0.4) is 0 Å². The molecule has 1 spiro atoms. The number of carbonyl (C=O) groups excluding carboxylic acids is 1. The topological polar surface area (TPSA) is 105 Å². The number of aliphatic hydroxyl groups is 1. The molecule has 2 aromatic carbocycles. The minimum Gasteiger partial charge on any atom is -0.490 e. The lowest BCUT2D eigenvalue weighted by atomic mass is 9.68. The lowest BCUT2D eigenvalue weighted by molar-refractivity contribution is -0.00812. The van der Waals surface area contributed by atoms with Crippen LogP contribution < -0.4 is 14.4 Å². The molecule has 1 amide bonds. The predicted octanol–water partition coefficient (Wildman–Crippen LogP) is 4.07. The Morgan fingerprint density at radius 2 is 2.00 bits per heavy atom. The van der Waals surface area contributed by atoms with Gasteiger partial charge in [-0.15, -0.1) is 0 Å². The van der Waals surface area contributed by atoms with Gasteiger partial charge in [-0.05, 0) is 98.7 Å². The molecule has 2 aliphatic carbocycles. The van der Waals surface area contributed by atoms with Crippen molar-refractivity contribution in [3.63, 3.8) is 0 Å². The summed E-state index contributed by atoms with van der Waals surface area (Å²) >= 11 is 6.37. The molecular weight excluding hydrogens is 552 g/mol. The third-order valence-electron chi connectivity index (χ3n) is 9.40. The number of hydrogen-bond acceptors (Lipinski definition) is 7. The van der Waals surface area contributed by atoms with E-state index in [0.717, 1.165) is 42.8 Å². The number of rotatable bonds is 0. The van der Waals surface area contributed by atoms with Crippen molar-refractivity contribution in [2.24, 2.45) is 11.8 Å². The minimum absolute atomic E-state index is 0.0516. The molecule has 2 aromatic rings. The van der Waals surface area contributed by atoms with Gasteiger partial charge in [-0.1, -0.05) is 17.7 Å². The van der Waals surface area contributed by atoms with Crippen molar-refractivity contribution < 1.29 is 27.8 Å². The Hall–Kier alpha value is -2.33. The molecule has 10 heteroatoms. The van der Waals surface area contributed by atoms with E-state index in [1.807, 2.05) is 6.07 Å². The van der Waals surface area contributed by atoms with Crippen LogP contribution in [-0.2, 0) is 26.6 Å². The number of amides is 1. The molecule has 8 nitrogen and oxygen atoms in total. The van der Waals surface area contributed by atoms with Crippen LogP contribution in [0.2, 0.25) is 5.02 Å². The van der Waals surface area contributed by atoms with E-state index in [1.54, 1.807) is 18.2 Å². The number of aryl methyl sites for hydroxylation is 1. The van der Waals surface area contributed by atoms with Crippen molar-refractivity contribution >= 4 is 33.2 Å². The van der Waals surface area contributed by atoms with Gasteiger partial charge >= 0.3 is 0 Å². The maximum atomic E-state index is 13.2. The van der Waals surface area contributed by atoms with Crippen molar-refractivity contribution in [1.29, 1.82) is 0 Å². The summed E-state index contributed by atoms with van der Waals surface area (Å²) in [4.78, 5) is 15.5. The van der Waals surface area contributed by atoms with E-state index in [9.17, 15) is 18.3 Å². The number of anilines is 1. The molecule has 2 bridgehead atoms. The number of carbonyl (C=O) groups is 1. The standard InChI is InChI=1S/C30H37ClN2O6S/c1-19-16-38-12-10-27(34)24-7-4-22(24)15-33-17-30(11-2-3-20-13-23(31)6-8-25(20)30)18-39-28-9-5-21(14-26(28)33)29(35)32-40(19,36)37/h5-6,8-9,13-14,19,22,24,27,34H,2-4,7,10-12,15-18H2,1H3,(H,32,35)/t19-,22+,24-,27+,30-/m1/s1. The fourth-order valence-electron chi connectivity index (χ4n) is 6.91. The molecule has 5 atom stereocenters. The number of benzene rings is 2. The summed E-state index contributed by atoms with van der Waals surface area (Å²) in [6.07, 6.45) is 4.85. The Morgan fingerprint density at radius 1 is 1.15 bits per heavy atom. The highest BCUT2D eigenvalue weighted by atomic mass is 35.5. The molecule has 0 saturated heterocycles. The van der Waals surface area contributed by atoms with Crippen LogP contribution in [0, 0.1) is 11.8 Å². The molecule has 6 rings (SSSR count). The smallest absolute Gasteiger partial charge is 0.264 e. The van der Waals surface area contributed by atoms with Gasteiger partial charge in [-0.3, -0.25) is 4.79 Å². The molecule has 2 heterocycles. The molecule has 1 fully saturated rings. The number of nitrogens with zero attached hydrogens (tertiary/aromatic N) is 1. The summed E-state index contributed by atoms with van der Waals surface area (Å²) in [5.74, 6) is 0.438. The van der Waals surface area contributed by atoms with Gasteiger partial charge in [0, 0.05) is 35.7 Å². The molecular formula is C30H37ClN2O6S. The molecule has 216 valence electrons. The number of sulfonamides is 1. The van der Waals surface area contributed by atoms with Gasteiger partial charge in [0.05, 0.1) is 25.0 Å². The maximum absolute atomic E-state index is 13.2. The number of hydrogen-bond donors (Lipinski definition) is 2. The summed E-state index contributed by atoms with van der Waals surface area (Å²) in [6.45, 7) is 3.63. The van der Waals surface area contributed by atoms with Crippen molar-refractivity contribution in [3.05, 3.63) is 58.1 Å². The molecule has 40 heavy (non-hydrogen) atoms. The van der Waals surface area contributed by atoms with E-state index in [1.165, 1.54) is 18.1 Å². The molecule has 0 radical (unpaired) electrons. The summed E-state index contributed by atoms with van der Waals surface area (Å²) < 4.78 is 40.1. The predicted molar refractivity (Wildman–Crippen MR) is 154 cm³/mol. The summed E-state index contributed by atoms with van der Waals surface area (Å²) in [5, 5.41) is 10.8. The van der Waals surface area contributed by atoms with Crippen LogP contribution in [0.25, 0.3) is 0 Å². The van der Waals surface area contributed by atoms with E-state index in [4.69, 9.17) is 21.1 Å². The van der Waals surface area contributed by atoms with Crippen molar-refractivity contribution in [2.45, 2.75) is 62.2 Å². The monoisotopic (exact) mass is 588 g/mol. The molecule has 4 aliphatic rings. The third-order valence-corrected chi connectivity index (χ3v) is 11.3. The Labute approximate surface area is 241 Å². The van der Waals surface area contributed by atoms with E-state index in [0.29, 0.717) is 31.9 Å². The minimum atomic E-state index is -3.95. The van der Waals surface area contributed by atoms with Crippen molar-refractivity contribution in [2.75, 3.05) is 37.8 Å². The van der Waals surface area contributed by atoms with E-state index >= 15 is 0 Å². The molecule has 2 aliphatic heterocycles. The summed E-state index contributed by atoms with van der Waals surface area (Å²) in [6, 6.07) is 11.3. The highest BCUT2D eigenvalue weighted by Gasteiger charge is 2.44. The van der Waals surface area contributed by atoms with Crippen LogP contribution in [-0.4, -0.2) is 63.7 Å². The zero-order valence-electron chi connectivity index (χ0n) is 22.8. The zero-order valence-corrected chi connectivity index (χ0v) is 24.3. The Morgan fingerprint density at radius 3 is 2.80 bits per heavy atom. The fourth-order valence-corrected chi connectivity index (χ4v) is 7.96. The van der Waals surface area contributed by atoms with Crippen LogP contribution >= 0.6 is 11.6 Å². The largest absolute Gasteiger partial charge is 0.490 e. The lowest BCUT2D eigenvalue weighted by Gasteiger charge is -2.45. The van der Waals surface area contributed by atoms with Gasteiger partial charge in [-0.2, -0.15) is 0 Å². The highest BCUT2D eigenvalue weighted by Crippen LogP contribution is 2.46. The first kappa shape index (κ1) is 27.8. The summed E-state index contributed by atoms with van der Waals surface area (Å²) in [7, 11) is -3.95. The Bertz CT molecular complexity index is 1400. The first-order chi connectivity index (χ1) is 19.1. The first-order valence-corrected chi connectivity index (χ1v) is 16.2. The summed E-state index contributed by atoms with van der Waals surface area (Å²) in [5.41, 5.74) is 3.28. The van der Waals surface area contributed by atoms with Gasteiger partial charge in [0.15, 0.2) is 0 Å². The number of halogens is 1. The quantitative estimate of drug-likeness (QED) is 0.478. The van der Waals surface area contributed by atoms with Crippen LogP contribution in [0.1, 0.15) is 60.5 Å². The van der Waals surface area contributed by atoms with E-state index in [2.05, 4.69) is 21.8 Å². The average molecular weight is 589 g/mol. The second kappa shape index (κ2) is 10.8. The second-order valence-electron chi connectivity index (χ2n) is 12.0. The number of nitrogens with one attached hydrogen (secondary N) is 1. The maximum Gasteiger partial charge on any atom is 0.264 e. The van der Waals surface area contributed by atoms with Gasteiger partial charge < -0.3 is 19.5 Å². The third kappa shape index (κ3) is 5.22. The van der Waals surface area contributed by atoms with Crippen molar-refractivity contribution in [1.82, 2.24) is 4.72 Å².